The Balaban J connectivity index is 1.72. The van der Waals surface area contributed by atoms with E-state index in [0.29, 0.717) is 23.8 Å². The quantitative estimate of drug-likeness (QED) is 0.847. The van der Waals surface area contributed by atoms with Gasteiger partial charge in [-0.2, -0.15) is 0 Å². The number of likely N-dealkylation sites (tertiary alicyclic amines) is 1. The summed E-state index contributed by atoms with van der Waals surface area (Å²) in [6.07, 6.45) is 3.35. The number of nitrogens with zero attached hydrogens (tertiary/aromatic N) is 3. The van der Waals surface area contributed by atoms with Crippen LogP contribution in [-0.2, 0) is 4.79 Å². The van der Waals surface area contributed by atoms with Crippen molar-refractivity contribution in [3.05, 3.63) is 46.5 Å². The second-order valence-corrected chi connectivity index (χ2v) is 7.55. The van der Waals surface area contributed by atoms with E-state index in [0.717, 1.165) is 24.0 Å². The lowest BCUT2D eigenvalue weighted by Gasteiger charge is -2.33. The fourth-order valence-electron chi connectivity index (χ4n) is 3.39. The Morgan fingerprint density at radius 3 is 2.60 bits per heavy atom. The Morgan fingerprint density at radius 2 is 1.96 bits per heavy atom. The van der Waals surface area contributed by atoms with Crippen LogP contribution in [0.25, 0.3) is 0 Å². The van der Waals surface area contributed by atoms with E-state index in [9.17, 15) is 9.59 Å². The zero-order chi connectivity index (χ0) is 18.0. The predicted octanol–water partition coefficient (Wildman–Crippen LogP) is 3.28. The first kappa shape index (κ1) is 17.6. The maximum absolute atomic E-state index is 12.9. The number of piperidine rings is 1. The number of hydrogen-bond acceptors (Lipinski definition) is 4. The molecule has 0 bridgehead atoms. The van der Waals surface area contributed by atoms with Gasteiger partial charge >= 0.3 is 0 Å². The average molecular weight is 357 g/mol. The molecule has 6 heteroatoms. The lowest BCUT2D eigenvalue weighted by atomic mass is 9.95. The first-order valence-electron chi connectivity index (χ1n) is 8.50. The normalized spacial score (nSPS) is 17.4. The highest BCUT2D eigenvalue weighted by Gasteiger charge is 2.31. The van der Waals surface area contributed by atoms with Gasteiger partial charge in [-0.15, -0.1) is 11.3 Å². The minimum absolute atomic E-state index is 0.0150. The highest BCUT2D eigenvalue weighted by Crippen LogP contribution is 2.24. The summed E-state index contributed by atoms with van der Waals surface area (Å²) in [6, 6.07) is 5.90. The van der Waals surface area contributed by atoms with Gasteiger partial charge in [0.1, 0.15) is 0 Å². The van der Waals surface area contributed by atoms with E-state index >= 15 is 0 Å². The maximum atomic E-state index is 12.9. The minimum atomic E-state index is -0.169. The molecule has 3 rings (SSSR count). The number of carbonyl (C=O) groups excluding carboxylic acids is 2. The molecule has 1 atom stereocenters. The van der Waals surface area contributed by atoms with E-state index < -0.39 is 0 Å². The zero-order valence-corrected chi connectivity index (χ0v) is 15.7. The van der Waals surface area contributed by atoms with Crippen LogP contribution in [0.1, 0.15) is 34.3 Å². The Morgan fingerprint density at radius 1 is 1.24 bits per heavy atom. The van der Waals surface area contributed by atoms with Crippen LogP contribution in [0.2, 0.25) is 0 Å². The summed E-state index contributed by atoms with van der Waals surface area (Å²) in [5, 5.41) is 2.55. The van der Waals surface area contributed by atoms with Gasteiger partial charge in [-0.25, -0.2) is 4.98 Å². The summed E-state index contributed by atoms with van der Waals surface area (Å²) in [5.41, 5.74) is 2.87. The van der Waals surface area contributed by atoms with Crippen molar-refractivity contribution < 1.29 is 9.59 Å². The molecule has 1 aliphatic heterocycles. The van der Waals surface area contributed by atoms with Crippen LogP contribution >= 0.6 is 11.3 Å². The van der Waals surface area contributed by atoms with Gasteiger partial charge in [0, 0.05) is 37.3 Å². The fourth-order valence-corrected chi connectivity index (χ4v) is 4.01. The zero-order valence-electron chi connectivity index (χ0n) is 14.9. The van der Waals surface area contributed by atoms with Gasteiger partial charge in [0.05, 0.1) is 5.92 Å². The summed E-state index contributed by atoms with van der Waals surface area (Å²) in [7, 11) is 1.76. The lowest BCUT2D eigenvalue weighted by Crippen LogP contribution is -2.46. The fraction of sp³-hybridized carbons (Fsp3) is 0.421. The summed E-state index contributed by atoms with van der Waals surface area (Å²) in [6.45, 7) is 5.17. The van der Waals surface area contributed by atoms with Crippen molar-refractivity contribution in [1.29, 1.82) is 0 Å². The monoisotopic (exact) mass is 357 g/mol. The van der Waals surface area contributed by atoms with Crippen molar-refractivity contribution in [2.45, 2.75) is 26.7 Å². The Hall–Kier alpha value is -2.21. The van der Waals surface area contributed by atoms with Gasteiger partial charge in [0.25, 0.3) is 5.91 Å². The van der Waals surface area contributed by atoms with E-state index in [1.165, 1.54) is 11.3 Å². The molecule has 1 saturated heterocycles. The molecule has 0 radical (unpaired) electrons. The summed E-state index contributed by atoms with van der Waals surface area (Å²) in [5.74, 6) is -0.119. The molecule has 1 aromatic carbocycles. The first-order chi connectivity index (χ1) is 12.0. The molecule has 132 valence electrons. The molecule has 0 N–H and O–H groups in total. The van der Waals surface area contributed by atoms with Crippen LogP contribution in [0, 0.1) is 19.8 Å². The second-order valence-electron chi connectivity index (χ2n) is 6.68. The number of rotatable bonds is 3. The van der Waals surface area contributed by atoms with E-state index in [-0.39, 0.29) is 17.7 Å². The van der Waals surface area contributed by atoms with Crippen LogP contribution in [0.15, 0.2) is 29.8 Å². The molecule has 25 heavy (non-hydrogen) atoms. The standard InChI is InChI=1S/C19H23N3O2S/c1-13-9-14(2)11-16(10-13)18(24)22-7-4-5-15(12-22)17(23)21(3)19-20-6-8-25-19/h6,8-11,15H,4-5,7,12H2,1-3H3. The molecular formula is C19H23N3O2S. The van der Waals surface area contributed by atoms with E-state index in [4.69, 9.17) is 0 Å². The number of thiazole rings is 1. The number of anilines is 1. The minimum Gasteiger partial charge on any atom is -0.338 e. The third-order valence-corrected chi connectivity index (χ3v) is 5.41. The Kier molecular flexibility index (Phi) is 5.18. The second kappa shape index (κ2) is 7.35. The van der Waals surface area contributed by atoms with Crippen molar-refractivity contribution in [1.82, 2.24) is 9.88 Å². The van der Waals surface area contributed by atoms with Gasteiger partial charge in [0.15, 0.2) is 5.13 Å². The molecule has 1 fully saturated rings. The van der Waals surface area contributed by atoms with Crippen molar-refractivity contribution in [2.75, 3.05) is 25.0 Å². The highest BCUT2D eigenvalue weighted by molar-refractivity contribution is 7.13. The van der Waals surface area contributed by atoms with Crippen molar-refractivity contribution in [3.8, 4) is 0 Å². The number of amides is 2. The molecule has 0 saturated carbocycles. The van der Waals surface area contributed by atoms with Crippen LogP contribution < -0.4 is 4.90 Å². The summed E-state index contributed by atoms with van der Waals surface area (Å²) >= 11 is 1.44. The van der Waals surface area contributed by atoms with Crippen LogP contribution in [0.5, 0.6) is 0 Å². The molecule has 2 aromatic rings. The molecule has 1 aromatic heterocycles. The topological polar surface area (TPSA) is 53.5 Å². The van der Waals surface area contributed by atoms with Gasteiger partial charge in [0.2, 0.25) is 5.91 Å². The largest absolute Gasteiger partial charge is 0.338 e. The molecule has 5 nitrogen and oxygen atoms in total. The van der Waals surface area contributed by atoms with Crippen LogP contribution in [0.3, 0.4) is 0 Å². The van der Waals surface area contributed by atoms with Crippen LogP contribution in [0.4, 0.5) is 5.13 Å². The SMILES string of the molecule is Cc1cc(C)cc(C(=O)N2CCCC(C(=O)N(C)c3nccs3)C2)c1. The van der Waals surface area contributed by atoms with Crippen molar-refractivity contribution in [2.24, 2.45) is 5.92 Å². The first-order valence-corrected chi connectivity index (χ1v) is 9.38. The van der Waals surface area contributed by atoms with Crippen molar-refractivity contribution >= 4 is 28.3 Å². The van der Waals surface area contributed by atoms with Gasteiger partial charge in [-0.05, 0) is 38.8 Å². The Labute approximate surface area is 152 Å². The highest BCUT2D eigenvalue weighted by atomic mass is 32.1. The number of benzene rings is 1. The molecule has 2 amide bonds. The molecular weight excluding hydrogens is 334 g/mol. The molecule has 0 aliphatic carbocycles. The molecule has 0 spiro atoms. The predicted molar refractivity (Wildman–Crippen MR) is 100 cm³/mol. The molecule has 1 aliphatic rings. The Bertz CT molecular complexity index is 753. The van der Waals surface area contributed by atoms with Crippen molar-refractivity contribution in [3.63, 3.8) is 0 Å². The number of hydrogen-bond donors (Lipinski definition) is 0. The smallest absolute Gasteiger partial charge is 0.253 e. The van der Waals surface area contributed by atoms with Gasteiger partial charge in [-0.1, -0.05) is 17.2 Å². The summed E-state index contributed by atoms with van der Waals surface area (Å²) in [4.78, 5) is 33.2. The van der Waals surface area contributed by atoms with Gasteiger partial charge in [-0.3, -0.25) is 14.5 Å². The van der Waals surface area contributed by atoms with E-state index in [1.807, 2.05) is 36.3 Å². The number of aromatic nitrogens is 1. The average Bonchev–Trinajstić information content (AvgIpc) is 3.13. The molecule has 2 heterocycles. The maximum Gasteiger partial charge on any atom is 0.253 e. The summed E-state index contributed by atoms with van der Waals surface area (Å²) < 4.78 is 0. The third kappa shape index (κ3) is 3.90. The molecule has 1 unspecified atom stereocenters. The number of aryl methyl sites for hydroxylation is 2. The van der Waals surface area contributed by atoms with E-state index in [2.05, 4.69) is 11.1 Å². The lowest BCUT2D eigenvalue weighted by molar-refractivity contribution is -0.123. The van der Waals surface area contributed by atoms with Crippen LogP contribution in [-0.4, -0.2) is 41.8 Å². The third-order valence-electron chi connectivity index (χ3n) is 4.56. The number of carbonyl (C=O) groups is 2. The van der Waals surface area contributed by atoms with E-state index in [1.54, 1.807) is 18.1 Å². The van der Waals surface area contributed by atoms with Gasteiger partial charge < -0.3 is 4.90 Å².